The maximum absolute atomic E-state index is 5.72. The molecule has 17 heavy (non-hydrogen) atoms. The van der Waals surface area contributed by atoms with E-state index < -0.39 is 0 Å². The molecule has 0 aromatic heterocycles. The van der Waals surface area contributed by atoms with Gasteiger partial charge in [0, 0.05) is 13.2 Å². The summed E-state index contributed by atoms with van der Waals surface area (Å²) in [4.78, 5) is 2.59. The Kier molecular flexibility index (Phi) is 8.67. The Bertz CT molecular complexity index is 174. The second-order valence-corrected chi connectivity index (χ2v) is 5.04. The van der Waals surface area contributed by atoms with Gasteiger partial charge in [-0.1, -0.05) is 12.8 Å². The number of nitrogens with one attached hydrogen (secondary N) is 1. The van der Waals surface area contributed by atoms with E-state index in [0.29, 0.717) is 6.10 Å². The summed E-state index contributed by atoms with van der Waals surface area (Å²) in [6.45, 7) is 7.83. The molecule has 1 heterocycles. The van der Waals surface area contributed by atoms with Crippen LogP contribution in [0, 0.1) is 0 Å². The molecule has 0 aromatic rings. The monoisotopic (exact) mass is 242 g/mol. The van der Waals surface area contributed by atoms with Gasteiger partial charge in [0.2, 0.25) is 0 Å². The highest BCUT2D eigenvalue weighted by molar-refractivity contribution is 4.73. The fourth-order valence-electron chi connectivity index (χ4n) is 2.58. The molecule has 1 aliphatic rings. The summed E-state index contributed by atoms with van der Waals surface area (Å²) in [5, 5.41) is 3.20. The van der Waals surface area contributed by atoms with Gasteiger partial charge < -0.3 is 15.0 Å². The molecule has 1 N–H and O–H groups in total. The molecule has 1 atom stereocenters. The molecule has 0 amide bonds. The van der Waals surface area contributed by atoms with E-state index in [1.54, 1.807) is 0 Å². The lowest BCUT2D eigenvalue weighted by Crippen LogP contribution is -2.40. The minimum absolute atomic E-state index is 0.498. The summed E-state index contributed by atoms with van der Waals surface area (Å²) in [7, 11) is 2.03. The van der Waals surface area contributed by atoms with Crippen LogP contribution in [-0.2, 0) is 4.74 Å². The van der Waals surface area contributed by atoms with Crippen LogP contribution in [0.5, 0.6) is 0 Å². The highest BCUT2D eigenvalue weighted by Crippen LogP contribution is 2.14. The van der Waals surface area contributed by atoms with E-state index >= 15 is 0 Å². The maximum Gasteiger partial charge on any atom is 0.0702 e. The van der Waals surface area contributed by atoms with Crippen molar-refractivity contribution in [1.82, 2.24) is 10.2 Å². The van der Waals surface area contributed by atoms with Gasteiger partial charge in [-0.3, -0.25) is 0 Å². The second kappa shape index (κ2) is 9.86. The Morgan fingerprint density at radius 3 is 2.82 bits per heavy atom. The van der Waals surface area contributed by atoms with E-state index in [1.165, 1.54) is 51.6 Å². The molecule has 3 heteroatoms. The molecule has 0 aliphatic carbocycles. The van der Waals surface area contributed by atoms with Crippen molar-refractivity contribution in [3.63, 3.8) is 0 Å². The minimum atomic E-state index is 0.498. The van der Waals surface area contributed by atoms with Crippen LogP contribution in [0.1, 0.15) is 45.4 Å². The van der Waals surface area contributed by atoms with Crippen LogP contribution in [0.3, 0.4) is 0 Å². The molecular weight excluding hydrogens is 212 g/mol. The number of rotatable bonds is 9. The molecule has 1 saturated heterocycles. The summed E-state index contributed by atoms with van der Waals surface area (Å²) in [6.07, 6.45) is 8.47. The van der Waals surface area contributed by atoms with Gasteiger partial charge in [0.1, 0.15) is 0 Å². The molecule has 3 nitrogen and oxygen atoms in total. The standard InChI is InChI=1S/C14H30N2O/c1-3-17-14-9-8-12-16(13-14)11-7-5-4-6-10-15-2/h14-15H,3-13H2,1-2H3. The predicted octanol–water partition coefficient (Wildman–Crippen LogP) is 2.27. The number of hydrogen-bond acceptors (Lipinski definition) is 3. The molecule has 1 rings (SSSR count). The Morgan fingerprint density at radius 2 is 2.06 bits per heavy atom. The molecule has 0 saturated carbocycles. The first kappa shape index (κ1) is 14.9. The Morgan fingerprint density at radius 1 is 1.24 bits per heavy atom. The van der Waals surface area contributed by atoms with Gasteiger partial charge in [-0.25, -0.2) is 0 Å². The number of hydrogen-bond donors (Lipinski definition) is 1. The van der Waals surface area contributed by atoms with Crippen molar-refractivity contribution >= 4 is 0 Å². The third-order valence-corrected chi connectivity index (χ3v) is 3.52. The molecule has 102 valence electrons. The fraction of sp³-hybridized carbons (Fsp3) is 1.00. The van der Waals surface area contributed by atoms with Gasteiger partial charge >= 0.3 is 0 Å². The van der Waals surface area contributed by atoms with E-state index in [1.807, 2.05) is 7.05 Å². The highest BCUT2D eigenvalue weighted by Gasteiger charge is 2.19. The molecule has 0 bridgehead atoms. The zero-order valence-corrected chi connectivity index (χ0v) is 11.7. The van der Waals surface area contributed by atoms with Crippen LogP contribution in [0.15, 0.2) is 0 Å². The molecular formula is C14H30N2O. The number of nitrogens with zero attached hydrogens (tertiary/aromatic N) is 1. The first-order valence-corrected chi connectivity index (χ1v) is 7.35. The number of piperidine rings is 1. The largest absolute Gasteiger partial charge is 0.377 e. The van der Waals surface area contributed by atoms with Crippen LogP contribution >= 0.6 is 0 Å². The molecule has 1 aliphatic heterocycles. The molecule has 0 aromatic carbocycles. The highest BCUT2D eigenvalue weighted by atomic mass is 16.5. The first-order valence-electron chi connectivity index (χ1n) is 7.35. The van der Waals surface area contributed by atoms with E-state index in [2.05, 4.69) is 17.1 Å². The third-order valence-electron chi connectivity index (χ3n) is 3.52. The van der Waals surface area contributed by atoms with Crippen molar-refractivity contribution in [2.75, 3.05) is 39.8 Å². The quantitative estimate of drug-likeness (QED) is 0.628. The van der Waals surface area contributed by atoms with E-state index in [4.69, 9.17) is 4.74 Å². The normalized spacial score (nSPS) is 21.9. The zero-order chi connectivity index (χ0) is 12.3. The zero-order valence-electron chi connectivity index (χ0n) is 11.7. The summed E-state index contributed by atoms with van der Waals surface area (Å²) >= 11 is 0. The Labute approximate surface area is 107 Å². The summed E-state index contributed by atoms with van der Waals surface area (Å²) in [5.74, 6) is 0. The van der Waals surface area contributed by atoms with Crippen LogP contribution in [0.2, 0.25) is 0 Å². The molecule has 1 unspecified atom stereocenters. The number of unbranched alkanes of at least 4 members (excludes halogenated alkanes) is 3. The number of likely N-dealkylation sites (tertiary alicyclic amines) is 1. The summed E-state index contributed by atoms with van der Waals surface area (Å²) in [5.41, 5.74) is 0. The molecule has 0 spiro atoms. The smallest absolute Gasteiger partial charge is 0.0702 e. The van der Waals surface area contributed by atoms with Gasteiger partial charge in [0.15, 0.2) is 0 Å². The SMILES string of the molecule is CCOC1CCCN(CCCCCCNC)C1. The van der Waals surface area contributed by atoms with Gasteiger partial charge in [-0.2, -0.15) is 0 Å². The fourth-order valence-corrected chi connectivity index (χ4v) is 2.58. The van der Waals surface area contributed by atoms with Crippen molar-refractivity contribution in [1.29, 1.82) is 0 Å². The van der Waals surface area contributed by atoms with Gasteiger partial charge in [-0.15, -0.1) is 0 Å². The Balaban J connectivity index is 1.98. The average molecular weight is 242 g/mol. The van der Waals surface area contributed by atoms with Crippen LogP contribution in [0.25, 0.3) is 0 Å². The van der Waals surface area contributed by atoms with E-state index in [-0.39, 0.29) is 0 Å². The maximum atomic E-state index is 5.72. The van der Waals surface area contributed by atoms with Crippen molar-refractivity contribution < 1.29 is 4.74 Å². The van der Waals surface area contributed by atoms with Crippen molar-refractivity contribution in [3.05, 3.63) is 0 Å². The van der Waals surface area contributed by atoms with Gasteiger partial charge in [0.25, 0.3) is 0 Å². The van der Waals surface area contributed by atoms with Gasteiger partial charge in [-0.05, 0) is 59.3 Å². The molecule has 1 fully saturated rings. The summed E-state index contributed by atoms with van der Waals surface area (Å²) in [6, 6.07) is 0. The number of ether oxygens (including phenoxy) is 1. The lowest BCUT2D eigenvalue weighted by molar-refractivity contribution is 0.00558. The van der Waals surface area contributed by atoms with E-state index in [0.717, 1.165) is 19.7 Å². The lowest BCUT2D eigenvalue weighted by Gasteiger charge is -2.32. The topological polar surface area (TPSA) is 24.5 Å². The Hall–Kier alpha value is -0.120. The second-order valence-electron chi connectivity index (χ2n) is 5.04. The average Bonchev–Trinajstić information content (AvgIpc) is 2.35. The van der Waals surface area contributed by atoms with Crippen LogP contribution in [-0.4, -0.2) is 50.8 Å². The lowest BCUT2D eigenvalue weighted by atomic mass is 10.1. The van der Waals surface area contributed by atoms with Crippen molar-refractivity contribution in [3.8, 4) is 0 Å². The van der Waals surface area contributed by atoms with E-state index in [9.17, 15) is 0 Å². The van der Waals surface area contributed by atoms with Crippen LogP contribution in [0.4, 0.5) is 0 Å². The van der Waals surface area contributed by atoms with Crippen molar-refractivity contribution in [2.24, 2.45) is 0 Å². The first-order chi connectivity index (χ1) is 8.36. The van der Waals surface area contributed by atoms with Crippen molar-refractivity contribution in [2.45, 2.75) is 51.6 Å². The predicted molar refractivity (Wildman–Crippen MR) is 73.5 cm³/mol. The third kappa shape index (κ3) is 7.02. The van der Waals surface area contributed by atoms with Gasteiger partial charge in [0.05, 0.1) is 6.10 Å². The minimum Gasteiger partial charge on any atom is -0.377 e. The summed E-state index contributed by atoms with van der Waals surface area (Å²) < 4.78 is 5.72. The molecule has 0 radical (unpaired) electrons. The van der Waals surface area contributed by atoms with Crippen LogP contribution < -0.4 is 5.32 Å².